The number of carbonyl (C=O) groups excluding carboxylic acids is 1. The second-order valence-corrected chi connectivity index (χ2v) is 5.42. The van der Waals surface area contributed by atoms with Crippen LogP contribution >= 0.6 is 15.9 Å². The van der Waals surface area contributed by atoms with E-state index in [1.165, 1.54) is 0 Å². The number of ether oxygens (including phenoxy) is 1. The minimum atomic E-state index is -0.0645. The number of hydrogen-bond acceptors (Lipinski definition) is 2. The van der Waals surface area contributed by atoms with Crippen LogP contribution in [0.15, 0.2) is 0 Å². The van der Waals surface area contributed by atoms with Crippen LogP contribution < -0.4 is 0 Å². The fourth-order valence-electron chi connectivity index (χ4n) is 1.73. The summed E-state index contributed by atoms with van der Waals surface area (Å²) >= 11 is 3.45. The van der Waals surface area contributed by atoms with Gasteiger partial charge in [0, 0.05) is 26.3 Å². The van der Waals surface area contributed by atoms with Crippen molar-refractivity contribution in [3.8, 4) is 0 Å². The number of nitrogens with zero attached hydrogens (tertiary/aromatic N) is 1. The molecule has 1 aliphatic heterocycles. The normalized spacial score (nSPS) is 20.3. The molecule has 1 heterocycles. The Balaban J connectivity index is 2.50. The van der Waals surface area contributed by atoms with Gasteiger partial charge in [0.05, 0.1) is 4.83 Å². The number of hydrogen-bond donors (Lipinski definition) is 0. The van der Waals surface area contributed by atoms with Crippen LogP contribution in [0.1, 0.15) is 26.7 Å². The zero-order valence-electron chi connectivity index (χ0n) is 9.70. The van der Waals surface area contributed by atoms with Crippen molar-refractivity contribution in [3.63, 3.8) is 0 Å². The summed E-state index contributed by atoms with van der Waals surface area (Å²) in [6.45, 7) is 5.65. The van der Waals surface area contributed by atoms with Crippen molar-refractivity contribution in [2.24, 2.45) is 5.92 Å². The minimum Gasteiger partial charge on any atom is -0.381 e. The third-order valence-electron chi connectivity index (χ3n) is 2.91. The third kappa shape index (κ3) is 3.45. The molecule has 0 saturated carbocycles. The Labute approximate surface area is 100 Å². The van der Waals surface area contributed by atoms with Gasteiger partial charge in [-0.2, -0.15) is 0 Å². The molecule has 0 bridgehead atoms. The smallest absolute Gasteiger partial charge is 0.236 e. The standard InChI is InChI=1S/C11H20BrNO2/c1-8(2)10(12)11(14)13(3)9-4-6-15-7-5-9/h8-10H,4-7H2,1-3H3. The molecule has 1 rings (SSSR count). The van der Waals surface area contributed by atoms with Crippen molar-refractivity contribution >= 4 is 21.8 Å². The van der Waals surface area contributed by atoms with Gasteiger partial charge in [-0.1, -0.05) is 29.8 Å². The molecule has 0 radical (unpaired) electrons. The molecule has 1 saturated heterocycles. The van der Waals surface area contributed by atoms with E-state index in [2.05, 4.69) is 29.8 Å². The van der Waals surface area contributed by atoms with Gasteiger partial charge in [0.1, 0.15) is 0 Å². The fourth-order valence-corrected chi connectivity index (χ4v) is 2.06. The van der Waals surface area contributed by atoms with E-state index in [1.807, 2.05) is 11.9 Å². The summed E-state index contributed by atoms with van der Waals surface area (Å²) in [5.74, 6) is 0.525. The van der Waals surface area contributed by atoms with Crippen molar-refractivity contribution in [3.05, 3.63) is 0 Å². The quantitative estimate of drug-likeness (QED) is 0.739. The van der Waals surface area contributed by atoms with Gasteiger partial charge in [-0.3, -0.25) is 4.79 Å². The second-order valence-electron chi connectivity index (χ2n) is 4.44. The van der Waals surface area contributed by atoms with Crippen molar-refractivity contribution in [1.82, 2.24) is 4.90 Å². The van der Waals surface area contributed by atoms with Crippen molar-refractivity contribution < 1.29 is 9.53 Å². The summed E-state index contributed by atoms with van der Waals surface area (Å²) in [5.41, 5.74) is 0. The molecule has 0 aromatic carbocycles. The van der Waals surface area contributed by atoms with Gasteiger partial charge in [0.25, 0.3) is 0 Å². The molecule has 0 aromatic rings. The van der Waals surface area contributed by atoms with Crippen molar-refractivity contribution in [1.29, 1.82) is 0 Å². The monoisotopic (exact) mass is 277 g/mol. The first-order valence-electron chi connectivity index (χ1n) is 5.52. The SMILES string of the molecule is CC(C)C(Br)C(=O)N(C)C1CCOCC1. The summed E-state index contributed by atoms with van der Waals surface area (Å²) < 4.78 is 5.29. The Morgan fingerprint density at radius 2 is 1.93 bits per heavy atom. The van der Waals surface area contributed by atoms with Crippen LogP contribution in [0, 0.1) is 5.92 Å². The van der Waals surface area contributed by atoms with E-state index in [0.717, 1.165) is 26.1 Å². The molecule has 3 nitrogen and oxygen atoms in total. The number of alkyl halides is 1. The first-order valence-corrected chi connectivity index (χ1v) is 6.44. The molecule has 0 spiro atoms. The van der Waals surface area contributed by atoms with Crippen LogP contribution in [0.5, 0.6) is 0 Å². The second kappa shape index (κ2) is 5.85. The molecular formula is C11H20BrNO2. The summed E-state index contributed by atoms with van der Waals surface area (Å²) in [6.07, 6.45) is 1.92. The Kier molecular flexibility index (Phi) is 5.06. The predicted octanol–water partition coefficient (Wildman–Crippen LogP) is 2.04. The molecule has 4 heteroatoms. The lowest BCUT2D eigenvalue weighted by Crippen LogP contribution is -2.44. The highest BCUT2D eigenvalue weighted by Crippen LogP contribution is 2.19. The third-order valence-corrected chi connectivity index (χ3v) is 4.36. The molecule has 88 valence electrons. The Morgan fingerprint density at radius 1 is 1.40 bits per heavy atom. The van der Waals surface area contributed by atoms with Gasteiger partial charge >= 0.3 is 0 Å². The van der Waals surface area contributed by atoms with Crippen molar-refractivity contribution in [2.75, 3.05) is 20.3 Å². The lowest BCUT2D eigenvalue weighted by Gasteiger charge is -2.33. The first kappa shape index (κ1) is 13.0. The van der Waals surface area contributed by atoms with E-state index in [1.54, 1.807) is 0 Å². The average molecular weight is 278 g/mol. The van der Waals surface area contributed by atoms with Gasteiger partial charge in [0.2, 0.25) is 5.91 Å². The minimum absolute atomic E-state index is 0.0645. The Bertz CT molecular complexity index is 215. The van der Waals surface area contributed by atoms with E-state index >= 15 is 0 Å². The molecule has 1 aliphatic rings. The molecule has 1 atom stereocenters. The Morgan fingerprint density at radius 3 is 2.40 bits per heavy atom. The van der Waals surface area contributed by atoms with Crippen LogP contribution in [0.3, 0.4) is 0 Å². The predicted molar refractivity (Wildman–Crippen MR) is 64.2 cm³/mol. The summed E-state index contributed by atoms with van der Waals surface area (Å²) in [4.78, 5) is 13.8. The van der Waals surface area contributed by atoms with Gasteiger partial charge in [-0.05, 0) is 18.8 Å². The molecule has 1 amide bonds. The zero-order chi connectivity index (χ0) is 11.4. The maximum Gasteiger partial charge on any atom is 0.236 e. The van der Waals surface area contributed by atoms with Crippen LogP contribution in [0.25, 0.3) is 0 Å². The number of carbonyl (C=O) groups is 1. The highest BCUT2D eigenvalue weighted by molar-refractivity contribution is 9.10. The largest absolute Gasteiger partial charge is 0.381 e. The zero-order valence-corrected chi connectivity index (χ0v) is 11.3. The maximum absolute atomic E-state index is 12.0. The van der Waals surface area contributed by atoms with Crippen LogP contribution in [-0.2, 0) is 9.53 Å². The van der Waals surface area contributed by atoms with Gasteiger partial charge in [0.15, 0.2) is 0 Å². The van der Waals surface area contributed by atoms with Crippen LogP contribution in [-0.4, -0.2) is 41.9 Å². The lowest BCUT2D eigenvalue weighted by molar-refractivity contribution is -0.133. The van der Waals surface area contributed by atoms with Crippen LogP contribution in [0.4, 0.5) is 0 Å². The average Bonchev–Trinajstić information content (AvgIpc) is 2.27. The highest BCUT2D eigenvalue weighted by atomic mass is 79.9. The first-order chi connectivity index (χ1) is 7.04. The molecular weight excluding hydrogens is 258 g/mol. The molecule has 15 heavy (non-hydrogen) atoms. The summed E-state index contributed by atoms with van der Waals surface area (Å²) in [5, 5.41) is 0. The molecule has 0 N–H and O–H groups in total. The molecule has 1 unspecified atom stereocenters. The van der Waals surface area contributed by atoms with Gasteiger partial charge in [-0.15, -0.1) is 0 Å². The topological polar surface area (TPSA) is 29.5 Å². The summed E-state index contributed by atoms with van der Waals surface area (Å²) in [6, 6.07) is 0.352. The molecule has 1 fully saturated rings. The van der Waals surface area contributed by atoms with Gasteiger partial charge < -0.3 is 9.64 Å². The number of amides is 1. The van der Waals surface area contributed by atoms with Gasteiger partial charge in [-0.25, -0.2) is 0 Å². The van der Waals surface area contributed by atoms with E-state index in [9.17, 15) is 4.79 Å². The van der Waals surface area contributed by atoms with E-state index < -0.39 is 0 Å². The number of rotatable bonds is 3. The van der Waals surface area contributed by atoms with E-state index in [0.29, 0.717) is 12.0 Å². The van der Waals surface area contributed by atoms with E-state index in [4.69, 9.17) is 4.74 Å². The fraction of sp³-hybridized carbons (Fsp3) is 0.909. The van der Waals surface area contributed by atoms with Crippen LogP contribution in [0.2, 0.25) is 0 Å². The maximum atomic E-state index is 12.0. The molecule has 0 aliphatic carbocycles. The highest BCUT2D eigenvalue weighted by Gasteiger charge is 2.28. The summed E-state index contributed by atoms with van der Waals surface area (Å²) in [7, 11) is 1.90. The Hall–Kier alpha value is -0.0900. The van der Waals surface area contributed by atoms with E-state index in [-0.39, 0.29) is 10.7 Å². The lowest BCUT2D eigenvalue weighted by atomic mass is 10.1. The molecule has 0 aromatic heterocycles. The van der Waals surface area contributed by atoms with Crippen molar-refractivity contribution in [2.45, 2.75) is 37.6 Å². The number of halogens is 1.